The zero-order valence-electron chi connectivity index (χ0n) is 16.5. The molecule has 160 valence electrons. The molecule has 0 spiro atoms. The molecule has 1 atom stereocenters. The summed E-state index contributed by atoms with van der Waals surface area (Å²) in [6, 6.07) is 7.90. The van der Waals surface area contributed by atoms with Gasteiger partial charge in [0.15, 0.2) is 5.16 Å². The number of primary sulfonamides is 1. The van der Waals surface area contributed by atoms with Gasteiger partial charge in [0.1, 0.15) is 5.82 Å². The van der Waals surface area contributed by atoms with E-state index < -0.39 is 15.3 Å². The molecule has 1 aromatic carbocycles. The number of carbonyl (C=O) groups excluding carboxylic acids is 1. The number of pyridine rings is 1. The van der Waals surface area contributed by atoms with Gasteiger partial charge >= 0.3 is 0 Å². The molecule has 3 N–H and O–H groups in total. The fourth-order valence-corrected chi connectivity index (χ4v) is 4.37. The predicted octanol–water partition coefficient (Wildman–Crippen LogP) is 3.65. The quantitative estimate of drug-likeness (QED) is 0.488. The predicted molar refractivity (Wildman–Crippen MR) is 119 cm³/mol. The lowest BCUT2D eigenvalue weighted by Crippen LogP contribution is -2.23. The number of benzene rings is 1. The highest BCUT2D eigenvalue weighted by Gasteiger charge is 2.21. The Morgan fingerprint density at radius 1 is 1.33 bits per heavy atom. The average molecular weight is 468 g/mol. The van der Waals surface area contributed by atoms with Crippen molar-refractivity contribution in [2.24, 2.45) is 5.14 Å². The first-order valence-electron chi connectivity index (χ1n) is 9.31. The number of carbonyl (C=O) groups is 1. The summed E-state index contributed by atoms with van der Waals surface area (Å²) in [5.74, 6) is 0.184. The van der Waals surface area contributed by atoms with Crippen molar-refractivity contribution in [1.29, 1.82) is 0 Å². The second kappa shape index (κ2) is 9.34. The van der Waals surface area contributed by atoms with Crippen molar-refractivity contribution in [3.63, 3.8) is 0 Å². The van der Waals surface area contributed by atoms with Crippen LogP contribution < -0.4 is 10.5 Å². The molecule has 0 fully saturated rings. The number of aromatic nitrogens is 3. The lowest BCUT2D eigenvalue weighted by atomic mass is 10.3. The summed E-state index contributed by atoms with van der Waals surface area (Å²) in [6.45, 7) is 4.56. The molecular weight excluding hydrogens is 446 g/mol. The second-order valence-electron chi connectivity index (χ2n) is 6.71. The molecule has 11 heteroatoms. The number of imidazole rings is 1. The summed E-state index contributed by atoms with van der Waals surface area (Å²) < 4.78 is 25.3. The van der Waals surface area contributed by atoms with E-state index in [-0.39, 0.29) is 10.8 Å². The zero-order valence-corrected chi connectivity index (χ0v) is 18.9. The Hall–Kier alpha value is -2.14. The van der Waals surface area contributed by atoms with Gasteiger partial charge in [0.2, 0.25) is 15.9 Å². The van der Waals surface area contributed by atoms with Crippen LogP contribution in [0.1, 0.15) is 26.7 Å². The average Bonchev–Trinajstić information content (AvgIpc) is 3.03. The number of anilines is 1. The van der Waals surface area contributed by atoms with Crippen molar-refractivity contribution in [3.05, 3.63) is 41.6 Å². The molecule has 0 saturated heterocycles. The SMILES string of the molecule is CCCCn1c(SC(C)C(=O)Nc2ccc(Cl)cn2)nc2cc(S(N)(=O)=O)ccc21. The van der Waals surface area contributed by atoms with Crippen LogP contribution in [0.25, 0.3) is 11.0 Å². The molecule has 2 aromatic heterocycles. The molecule has 0 aliphatic carbocycles. The Labute approximate surface area is 184 Å². The van der Waals surface area contributed by atoms with Crippen molar-refractivity contribution in [3.8, 4) is 0 Å². The number of unbranched alkanes of at least 4 members (excludes halogenated alkanes) is 1. The lowest BCUT2D eigenvalue weighted by Gasteiger charge is -2.13. The van der Waals surface area contributed by atoms with Gasteiger partial charge in [-0.3, -0.25) is 4.79 Å². The van der Waals surface area contributed by atoms with E-state index in [2.05, 4.69) is 22.2 Å². The third-order valence-electron chi connectivity index (χ3n) is 4.38. The summed E-state index contributed by atoms with van der Waals surface area (Å²) in [4.78, 5) is 21.2. The first-order valence-corrected chi connectivity index (χ1v) is 12.1. The number of nitrogens with one attached hydrogen (secondary N) is 1. The largest absolute Gasteiger partial charge is 0.319 e. The van der Waals surface area contributed by atoms with Crippen LogP contribution >= 0.6 is 23.4 Å². The van der Waals surface area contributed by atoms with Gasteiger partial charge in [-0.2, -0.15) is 0 Å². The Morgan fingerprint density at radius 3 is 2.73 bits per heavy atom. The number of thioether (sulfide) groups is 1. The van der Waals surface area contributed by atoms with Crippen molar-refractivity contribution >= 4 is 56.1 Å². The monoisotopic (exact) mass is 467 g/mol. The van der Waals surface area contributed by atoms with Gasteiger partial charge in [-0.25, -0.2) is 23.5 Å². The molecule has 0 aliphatic heterocycles. The Balaban J connectivity index is 1.87. The van der Waals surface area contributed by atoms with Gasteiger partial charge < -0.3 is 9.88 Å². The topological polar surface area (TPSA) is 120 Å². The Bertz CT molecular complexity index is 1160. The standard InChI is InChI=1S/C19H22ClN5O3S2/c1-3-4-9-25-16-7-6-14(30(21,27)28)10-15(16)23-19(25)29-12(2)18(26)24-17-8-5-13(20)11-22-17/h5-8,10-12H,3-4,9H2,1-2H3,(H2,21,27,28)(H,22,24,26). The van der Waals surface area contributed by atoms with Gasteiger partial charge in [-0.05, 0) is 43.7 Å². The lowest BCUT2D eigenvalue weighted by molar-refractivity contribution is -0.115. The number of sulfonamides is 1. The molecular formula is C19H22ClN5O3S2. The molecule has 8 nitrogen and oxygen atoms in total. The number of rotatable bonds is 8. The van der Waals surface area contributed by atoms with Gasteiger partial charge in [0, 0.05) is 12.7 Å². The highest BCUT2D eigenvalue weighted by molar-refractivity contribution is 8.00. The maximum Gasteiger partial charge on any atom is 0.238 e. The molecule has 3 aromatic rings. The second-order valence-corrected chi connectivity index (χ2v) is 10.0. The van der Waals surface area contributed by atoms with E-state index in [0.717, 1.165) is 18.4 Å². The fraction of sp³-hybridized carbons (Fsp3) is 0.316. The van der Waals surface area contributed by atoms with Gasteiger partial charge in [-0.15, -0.1) is 0 Å². The van der Waals surface area contributed by atoms with Gasteiger partial charge in [0.05, 0.1) is 26.2 Å². The summed E-state index contributed by atoms with van der Waals surface area (Å²) in [5, 5.41) is 8.65. The van der Waals surface area contributed by atoms with Gasteiger partial charge in [-0.1, -0.05) is 36.7 Å². The molecule has 0 radical (unpaired) electrons. The van der Waals surface area contributed by atoms with Crippen LogP contribution in [0.2, 0.25) is 5.02 Å². The van der Waals surface area contributed by atoms with Crippen molar-refractivity contribution in [2.75, 3.05) is 5.32 Å². The van der Waals surface area contributed by atoms with Crippen LogP contribution in [0.3, 0.4) is 0 Å². The van der Waals surface area contributed by atoms with E-state index >= 15 is 0 Å². The molecule has 30 heavy (non-hydrogen) atoms. The van der Waals surface area contributed by atoms with E-state index in [1.165, 1.54) is 30.1 Å². The molecule has 2 heterocycles. The summed E-state index contributed by atoms with van der Waals surface area (Å²) >= 11 is 7.11. The van der Waals surface area contributed by atoms with Crippen LogP contribution in [0.15, 0.2) is 46.6 Å². The molecule has 0 bridgehead atoms. The van der Waals surface area contributed by atoms with Crippen LogP contribution in [0, 0.1) is 0 Å². The van der Waals surface area contributed by atoms with E-state index in [1.807, 2.05) is 4.57 Å². The number of amides is 1. The van der Waals surface area contributed by atoms with Crippen molar-refractivity contribution in [2.45, 2.75) is 48.5 Å². The summed E-state index contributed by atoms with van der Waals surface area (Å²) in [7, 11) is -3.83. The maximum absolute atomic E-state index is 12.6. The van der Waals surface area contributed by atoms with Gasteiger partial charge in [0.25, 0.3) is 0 Å². The molecule has 1 amide bonds. The van der Waals surface area contributed by atoms with Crippen LogP contribution in [0.5, 0.6) is 0 Å². The molecule has 0 aliphatic rings. The molecule has 1 unspecified atom stereocenters. The first kappa shape index (κ1) is 22.5. The zero-order chi connectivity index (χ0) is 21.9. The minimum atomic E-state index is -3.83. The fourth-order valence-electron chi connectivity index (χ4n) is 2.78. The first-order chi connectivity index (χ1) is 14.2. The third-order valence-corrected chi connectivity index (χ3v) is 6.60. The van der Waals surface area contributed by atoms with E-state index in [4.69, 9.17) is 16.7 Å². The van der Waals surface area contributed by atoms with Crippen molar-refractivity contribution in [1.82, 2.24) is 14.5 Å². The number of hydrogen-bond acceptors (Lipinski definition) is 6. The highest BCUT2D eigenvalue weighted by atomic mass is 35.5. The van der Waals surface area contributed by atoms with Crippen LogP contribution in [-0.2, 0) is 21.4 Å². The number of aryl methyl sites for hydroxylation is 1. The van der Waals surface area contributed by atoms with Crippen LogP contribution in [-0.4, -0.2) is 34.1 Å². The number of nitrogens with two attached hydrogens (primary N) is 1. The number of fused-ring (bicyclic) bond motifs is 1. The Kier molecular flexibility index (Phi) is 7.02. The van der Waals surface area contributed by atoms with Crippen LogP contribution in [0.4, 0.5) is 5.82 Å². The number of halogens is 1. The maximum atomic E-state index is 12.6. The number of nitrogens with zero attached hydrogens (tertiary/aromatic N) is 3. The summed E-state index contributed by atoms with van der Waals surface area (Å²) in [5.41, 5.74) is 1.32. The minimum absolute atomic E-state index is 0.00583. The summed E-state index contributed by atoms with van der Waals surface area (Å²) in [6.07, 6.45) is 3.37. The highest BCUT2D eigenvalue weighted by Crippen LogP contribution is 2.29. The minimum Gasteiger partial charge on any atom is -0.319 e. The van der Waals surface area contributed by atoms with E-state index in [1.54, 1.807) is 25.1 Å². The number of hydrogen-bond donors (Lipinski definition) is 2. The Morgan fingerprint density at radius 2 is 2.10 bits per heavy atom. The molecule has 0 saturated carbocycles. The normalized spacial score (nSPS) is 12.8. The third kappa shape index (κ3) is 5.31. The molecule has 3 rings (SSSR count). The van der Waals surface area contributed by atoms with Crippen molar-refractivity contribution < 1.29 is 13.2 Å². The van der Waals surface area contributed by atoms with E-state index in [9.17, 15) is 13.2 Å². The smallest absolute Gasteiger partial charge is 0.238 e. The van der Waals surface area contributed by atoms with E-state index in [0.29, 0.717) is 28.1 Å².